The molecule has 0 aliphatic carbocycles. The van der Waals surface area contributed by atoms with E-state index in [-0.39, 0.29) is 78.0 Å². The van der Waals surface area contributed by atoms with E-state index >= 15 is 0 Å². The minimum Gasteiger partial charge on any atom is -0.480 e. The van der Waals surface area contributed by atoms with Gasteiger partial charge in [0.1, 0.15) is 12.2 Å². The third kappa shape index (κ3) is 26.0. The van der Waals surface area contributed by atoms with E-state index in [9.17, 15) is 45.6 Å². The van der Waals surface area contributed by atoms with Gasteiger partial charge in [-0.15, -0.1) is 0 Å². The first-order valence-electron chi connectivity index (χ1n) is 22.7. The van der Waals surface area contributed by atoms with Gasteiger partial charge in [-0.05, 0) is 7.05 Å². The van der Waals surface area contributed by atoms with E-state index in [4.69, 9.17) is 68.5 Å². The maximum atomic E-state index is 10.6. The zero-order valence-electron chi connectivity index (χ0n) is 39.0. The maximum absolute atomic E-state index is 10.6. The average molecular weight is 970 g/mol. The number of carboxylic acid groups (broad SMARTS) is 1. The van der Waals surface area contributed by atoms with Crippen molar-refractivity contribution in [2.45, 2.75) is 176 Å². The smallest absolute Gasteiger partial charge is 0.317 e. The van der Waals surface area contributed by atoms with E-state index < -0.39 is 104 Å². The number of carbonyl (C=O) groups is 1. The van der Waals surface area contributed by atoms with E-state index in [1.54, 1.807) is 0 Å². The molecule has 5 heterocycles. The summed E-state index contributed by atoms with van der Waals surface area (Å²) in [6.07, 6.45) is -8.23. The Kier molecular flexibility index (Phi) is 33.0. The van der Waals surface area contributed by atoms with E-state index in [2.05, 4.69) is 0 Å². The molecule has 16 unspecified atom stereocenters. The van der Waals surface area contributed by atoms with Crippen LogP contribution in [-0.4, -0.2) is 267 Å². The predicted molar refractivity (Wildman–Crippen MR) is 229 cm³/mol. The fourth-order valence-electron chi connectivity index (χ4n) is 7.22. The Bertz CT molecular complexity index is 1200. The fraction of sp³-hybridized carbons (Fsp3) is 0.976. The lowest BCUT2D eigenvalue weighted by Gasteiger charge is -2.35. The number of ether oxygens (including phenoxy) is 8. The summed E-state index contributed by atoms with van der Waals surface area (Å²) < 4.78 is 41.9. The van der Waals surface area contributed by atoms with Crippen LogP contribution in [0.1, 0.15) is 72.1 Å². The topological polar surface area (TPSA) is 377 Å². The molecule has 5 fully saturated rings. The summed E-state index contributed by atoms with van der Waals surface area (Å²) in [5.41, 5.74) is 0. The number of nitrogens with zero attached hydrogens (tertiary/aromatic N) is 1. The molecule has 18 atom stereocenters. The van der Waals surface area contributed by atoms with Gasteiger partial charge < -0.3 is 109 Å². The number of hydrogen-bond donors (Lipinski definition) is 14. The van der Waals surface area contributed by atoms with Crippen LogP contribution in [0, 0.1) is 5.92 Å². The summed E-state index contributed by atoms with van der Waals surface area (Å²) in [5.74, 6) is -1.76. The maximum Gasteiger partial charge on any atom is 0.317 e. The fourth-order valence-corrected chi connectivity index (χ4v) is 7.22. The number of carboxylic acids is 1. The number of aliphatic hydroxyl groups excluding tert-OH is 13. The van der Waals surface area contributed by atoms with Crippen LogP contribution in [0.4, 0.5) is 0 Å². The highest BCUT2D eigenvalue weighted by Gasteiger charge is 2.35. The molecule has 394 valence electrons. The van der Waals surface area contributed by atoms with Crippen LogP contribution < -0.4 is 0 Å². The molecule has 24 heteroatoms. The second-order valence-corrected chi connectivity index (χ2v) is 16.9. The monoisotopic (exact) mass is 970 g/mol. The summed E-state index contributed by atoms with van der Waals surface area (Å²) in [5, 5.41) is 131. The molecule has 5 saturated heterocycles. The van der Waals surface area contributed by atoms with Gasteiger partial charge in [-0.3, -0.25) is 9.69 Å². The van der Waals surface area contributed by atoms with Crippen molar-refractivity contribution in [1.82, 2.24) is 4.90 Å². The lowest BCUT2D eigenvalue weighted by molar-refractivity contribution is -0.241. The first-order chi connectivity index (χ1) is 31.3. The highest BCUT2D eigenvalue weighted by Crippen LogP contribution is 2.24. The van der Waals surface area contributed by atoms with E-state index in [0.717, 1.165) is 0 Å². The van der Waals surface area contributed by atoms with Crippen LogP contribution in [0.25, 0.3) is 0 Å². The van der Waals surface area contributed by atoms with Crippen LogP contribution in [-0.2, 0) is 42.7 Å². The first kappa shape index (κ1) is 62.6. The third-order valence-corrected chi connectivity index (χ3v) is 10.9. The van der Waals surface area contributed by atoms with Crippen molar-refractivity contribution in [1.29, 1.82) is 0 Å². The van der Waals surface area contributed by atoms with Crippen LogP contribution in [0.5, 0.6) is 0 Å². The second kappa shape index (κ2) is 34.8. The Morgan fingerprint density at radius 2 is 1.09 bits per heavy atom. The standard InChI is InChI=1S/C16H31NO9.C12H22O7.C7H14O4.C5H10O3.C2H6/c1-9(12(20)5-17(2)6-14(22)23)16(24)13(21)8-25-15-4-10(19)3-11(7-18)26-15;13-4-9-1-7(14)3-12(19-9)18-6-11-10(16)2-8(15)5-17-11;1-10-7-3-5(9)2-6(4-8)11-7;6-4-1-5(7)3-8-2-4;1-2/h9-13,15-16,18-21,24H,3-8H2,1-2H3,(H,22,23);7-16H,1-6H2;5-9H,2-4H2,1H3;4-7H,1-3H2;1-2H3/t9?,10?,11-,12?,13?,15?,16?;7?,8?,9?,10?,11-,12?;;;/m01.../s1. The Balaban J connectivity index is 0.000000472. The minimum absolute atomic E-state index is 0.0220. The second-order valence-electron chi connectivity index (χ2n) is 16.9. The minimum atomic E-state index is -1.31. The van der Waals surface area contributed by atoms with Gasteiger partial charge in [-0.1, -0.05) is 20.8 Å². The number of aliphatic carboxylic acids is 1. The molecule has 0 radical (unpaired) electrons. The predicted octanol–water partition coefficient (Wildman–Crippen LogP) is -4.39. The summed E-state index contributed by atoms with van der Waals surface area (Å²) >= 11 is 0. The Hall–Kier alpha value is -1.41. The summed E-state index contributed by atoms with van der Waals surface area (Å²) in [7, 11) is 3.05. The number of likely N-dealkylation sites (N-methyl/N-ethyl adjacent to an activating group) is 1. The number of hydrogen-bond acceptors (Lipinski definition) is 23. The van der Waals surface area contributed by atoms with Crippen molar-refractivity contribution in [3.8, 4) is 0 Å². The van der Waals surface area contributed by atoms with Crippen LogP contribution >= 0.6 is 0 Å². The molecule has 5 aliphatic rings. The Morgan fingerprint density at radius 1 is 0.636 bits per heavy atom. The van der Waals surface area contributed by atoms with Crippen molar-refractivity contribution in [2.75, 3.05) is 80.1 Å². The van der Waals surface area contributed by atoms with Gasteiger partial charge in [0.05, 0.1) is 133 Å². The van der Waals surface area contributed by atoms with Gasteiger partial charge in [0.25, 0.3) is 0 Å². The Labute approximate surface area is 387 Å². The van der Waals surface area contributed by atoms with Gasteiger partial charge >= 0.3 is 5.97 Å². The molecule has 66 heavy (non-hydrogen) atoms. The summed E-state index contributed by atoms with van der Waals surface area (Å²) in [4.78, 5) is 12.0. The van der Waals surface area contributed by atoms with Crippen molar-refractivity contribution in [3.63, 3.8) is 0 Å². The third-order valence-electron chi connectivity index (χ3n) is 10.9. The molecule has 14 N–H and O–H groups in total. The summed E-state index contributed by atoms with van der Waals surface area (Å²) in [6, 6.07) is 0. The molecule has 0 amide bonds. The molecule has 0 saturated carbocycles. The summed E-state index contributed by atoms with van der Waals surface area (Å²) in [6.45, 7) is 5.61. The normalized spacial score (nSPS) is 35.4. The van der Waals surface area contributed by atoms with E-state index in [1.165, 1.54) is 26.0 Å². The SMILES string of the molecule is CC.CC(C(O)CN(C)CC(=O)O)C(O)C(O)COC1CC(O)C[C@@H](CO)O1.COC1CC(O)CC(CO)O1.OC1COCC(O)C1.OCC1CC(O)CC(OC[C@H]2OCC(O)CC2O)O1. The Morgan fingerprint density at radius 3 is 1.52 bits per heavy atom. The number of methoxy groups -OCH3 is 1. The van der Waals surface area contributed by atoms with Crippen molar-refractivity contribution in [3.05, 3.63) is 0 Å². The lowest BCUT2D eigenvalue weighted by Crippen LogP contribution is -2.46. The van der Waals surface area contributed by atoms with Crippen molar-refractivity contribution in [2.24, 2.45) is 5.92 Å². The molecular weight excluding hydrogens is 886 g/mol. The van der Waals surface area contributed by atoms with Crippen LogP contribution in [0.2, 0.25) is 0 Å². The van der Waals surface area contributed by atoms with Gasteiger partial charge in [-0.2, -0.15) is 0 Å². The quantitative estimate of drug-likeness (QED) is 0.0655. The highest BCUT2D eigenvalue weighted by atomic mass is 16.7. The molecular formula is C42H83NO23. The van der Waals surface area contributed by atoms with Gasteiger partial charge in [0.2, 0.25) is 0 Å². The lowest BCUT2D eigenvalue weighted by atomic mass is 9.94. The molecule has 0 aromatic carbocycles. The van der Waals surface area contributed by atoms with Crippen LogP contribution in [0.3, 0.4) is 0 Å². The zero-order valence-corrected chi connectivity index (χ0v) is 39.0. The molecule has 0 spiro atoms. The van der Waals surface area contributed by atoms with E-state index in [0.29, 0.717) is 51.7 Å². The molecule has 24 nitrogen and oxygen atoms in total. The molecule has 0 aromatic rings. The molecule has 0 bridgehead atoms. The molecule has 0 aromatic heterocycles. The number of rotatable bonds is 17. The highest BCUT2D eigenvalue weighted by molar-refractivity contribution is 5.69. The average Bonchev–Trinajstić information content (AvgIpc) is 3.27. The largest absolute Gasteiger partial charge is 0.480 e. The number of aliphatic hydroxyl groups is 13. The first-order valence-corrected chi connectivity index (χ1v) is 22.7. The van der Waals surface area contributed by atoms with Gasteiger partial charge in [0.15, 0.2) is 18.9 Å². The van der Waals surface area contributed by atoms with E-state index in [1.807, 2.05) is 13.8 Å². The van der Waals surface area contributed by atoms with Gasteiger partial charge in [-0.25, -0.2) is 0 Å². The zero-order chi connectivity index (χ0) is 49.9. The van der Waals surface area contributed by atoms with Crippen molar-refractivity contribution < 1.29 is 114 Å². The van der Waals surface area contributed by atoms with Gasteiger partial charge in [0, 0.05) is 70.9 Å². The van der Waals surface area contributed by atoms with Crippen molar-refractivity contribution >= 4 is 5.97 Å². The molecule has 5 aliphatic heterocycles. The van der Waals surface area contributed by atoms with Crippen LogP contribution in [0.15, 0.2) is 0 Å². The molecule has 5 rings (SSSR count).